The molecular formula is C13H16BrNO3. The summed E-state index contributed by atoms with van der Waals surface area (Å²) >= 11 is 3.26. The van der Waals surface area contributed by atoms with Crippen LogP contribution in [0.15, 0.2) is 22.7 Å². The Hall–Kier alpha value is -1.07. The Bertz CT molecular complexity index is 452. The number of hydrogen-bond donors (Lipinski definition) is 2. The maximum atomic E-state index is 11.2. The van der Waals surface area contributed by atoms with Gasteiger partial charge in [0.1, 0.15) is 0 Å². The average Bonchev–Trinajstić information content (AvgIpc) is 2.27. The molecule has 0 spiro atoms. The number of ether oxygens (including phenoxy) is 1. The number of carbonyl (C=O) groups is 1. The third-order valence-corrected chi connectivity index (χ3v) is 4.19. The minimum Gasteiger partial charge on any atom is -0.478 e. The lowest BCUT2D eigenvalue weighted by Crippen LogP contribution is -2.45. The van der Waals surface area contributed by atoms with Crippen LogP contribution >= 0.6 is 15.9 Å². The van der Waals surface area contributed by atoms with Gasteiger partial charge in [0.2, 0.25) is 0 Å². The van der Waals surface area contributed by atoms with Gasteiger partial charge in [-0.15, -0.1) is 0 Å². The van der Waals surface area contributed by atoms with Crippen LogP contribution in [-0.2, 0) is 4.74 Å². The van der Waals surface area contributed by atoms with Crippen LogP contribution in [0.4, 0.5) is 5.69 Å². The van der Waals surface area contributed by atoms with Gasteiger partial charge in [-0.2, -0.15) is 0 Å². The Morgan fingerprint density at radius 3 is 2.78 bits per heavy atom. The van der Waals surface area contributed by atoms with Crippen molar-refractivity contribution in [3.63, 3.8) is 0 Å². The predicted molar refractivity (Wildman–Crippen MR) is 73.2 cm³/mol. The van der Waals surface area contributed by atoms with Gasteiger partial charge >= 0.3 is 5.97 Å². The number of anilines is 1. The molecule has 0 amide bonds. The zero-order valence-electron chi connectivity index (χ0n) is 10.2. The lowest BCUT2D eigenvalue weighted by molar-refractivity contribution is -0.0601. The Balaban J connectivity index is 2.14. The molecule has 4 nitrogen and oxygen atoms in total. The number of aromatic carboxylic acids is 1. The topological polar surface area (TPSA) is 58.6 Å². The number of carboxylic acids is 1. The molecule has 1 aliphatic carbocycles. The lowest BCUT2D eigenvalue weighted by atomic mass is 9.80. The molecule has 1 saturated carbocycles. The molecule has 0 aliphatic heterocycles. The highest BCUT2D eigenvalue weighted by molar-refractivity contribution is 9.10. The molecule has 1 aromatic rings. The summed E-state index contributed by atoms with van der Waals surface area (Å²) in [5.41, 5.74) is 0.765. The van der Waals surface area contributed by atoms with Crippen molar-refractivity contribution >= 4 is 27.6 Å². The number of nitrogens with one attached hydrogen (secondary N) is 1. The molecule has 0 bridgehead atoms. The van der Waals surface area contributed by atoms with Crippen LogP contribution < -0.4 is 5.32 Å². The second kappa shape index (κ2) is 5.28. The van der Waals surface area contributed by atoms with Crippen LogP contribution in [0, 0.1) is 0 Å². The summed E-state index contributed by atoms with van der Waals surface area (Å²) in [4.78, 5) is 11.2. The molecule has 0 unspecified atom stereocenters. The van der Waals surface area contributed by atoms with Crippen LogP contribution in [0.25, 0.3) is 0 Å². The number of hydrogen-bond acceptors (Lipinski definition) is 3. The van der Waals surface area contributed by atoms with E-state index in [4.69, 9.17) is 4.74 Å². The Morgan fingerprint density at radius 2 is 2.28 bits per heavy atom. The van der Waals surface area contributed by atoms with E-state index in [0.717, 1.165) is 12.8 Å². The van der Waals surface area contributed by atoms with Crippen LogP contribution in [-0.4, -0.2) is 30.3 Å². The zero-order chi connectivity index (χ0) is 13.2. The summed E-state index contributed by atoms with van der Waals surface area (Å²) in [7, 11) is 1.71. The number of rotatable bonds is 5. The minimum absolute atomic E-state index is 0.127. The molecule has 1 aliphatic rings. The first-order chi connectivity index (χ1) is 8.58. The molecule has 18 heavy (non-hydrogen) atoms. The number of methoxy groups -OCH3 is 1. The van der Waals surface area contributed by atoms with E-state index >= 15 is 0 Å². The highest BCUT2D eigenvalue weighted by Crippen LogP contribution is 2.35. The predicted octanol–water partition coefficient (Wildman–Crippen LogP) is 3.13. The fourth-order valence-corrected chi connectivity index (χ4v) is 2.71. The molecule has 5 heteroatoms. The molecule has 1 fully saturated rings. The van der Waals surface area contributed by atoms with E-state index in [1.54, 1.807) is 19.2 Å². The van der Waals surface area contributed by atoms with Gasteiger partial charge in [-0.25, -0.2) is 4.79 Å². The molecule has 0 saturated heterocycles. The largest absolute Gasteiger partial charge is 0.478 e. The van der Waals surface area contributed by atoms with E-state index < -0.39 is 5.97 Å². The zero-order valence-corrected chi connectivity index (χ0v) is 11.8. The monoisotopic (exact) mass is 313 g/mol. The summed E-state index contributed by atoms with van der Waals surface area (Å²) in [6.07, 6.45) is 3.21. The van der Waals surface area contributed by atoms with E-state index in [2.05, 4.69) is 21.2 Å². The summed E-state index contributed by atoms with van der Waals surface area (Å²) < 4.78 is 6.09. The van der Waals surface area contributed by atoms with Gasteiger partial charge in [-0.3, -0.25) is 0 Å². The van der Waals surface area contributed by atoms with E-state index in [1.807, 2.05) is 6.07 Å². The molecule has 1 aromatic carbocycles. The van der Waals surface area contributed by atoms with Crippen molar-refractivity contribution in [3.05, 3.63) is 28.2 Å². The van der Waals surface area contributed by atoms with Crippen molar-refractivity contribution in [1.82, 2.24) is 0 Å². The maximum Gasteiger partial charge on any atom is 0.338 e. The van der Waals surface area contributed by atoms with Crippen molar-refractivity contribution < 1.29 is 14.6 Å². The SMILES string of the molecule is COC1(CNc2cccc(Br)c2C(=O)O)CCC1. The van der Waals surface area contributed by atoms with Gasteiger partial charge in [-0.05, 0) is 47.3 Å². The van der Waals surface area contributed by atoms with Gasteiger partial charge < -0.3 is 15.2 Å². The second-order valence-electron chi connectivity index (χ2n) is 4.56. The van der Waals surface area contributed by atoms with Crippen molar-refractivity contribution in [2.24, 2.45) is 0 Å². The van der Waals surface area contributed by atoms with E-state index in [9.17, 15) is 9.90 Å². The maximum absolute atomic E-state index is 11.2. The Morgan fingerprint density at radius 1 is 1.56 bits per heavy atom. The summed E-state index contributed by atoms with van der Waals surface area (Å²) in [6.45, 7) is 0.639. The standard InChI is InChI=1S/C13H16BrNO3/c1-18-13(6-3-7-13)8-15-10-5-2-4-9(14)11(10)12(16)17/h2,4-5,15H,3,6-8H2,1H3,(H,16,17). The van der Waals surface area contributed by atoms with Crippen molar-refractivity contribution in [1.29, 1.82) is 0 Å². The van der Waals surface area contributed by atoms with Gasteiger partial charge in [0.25, 0.3) is 0 Å². The van der Waals surface area contributed by atoms with Crippen LogP contribution in [0.1, 0.15) is 29.6 Å². The third kappa shape index (κ3) is 2.52. The number of halogens is 1. The van der Waals surface area contributed by atoms with Crippen molar-refractivity contribution in [3.8, 4) is 0 Å². The first-order valence-corrected chi connectivity index (χ1v) is 6.68. The lowest BCUT2D eigenvalue weighted by Gasteiger charge is -2.40. The van der Waals surface area contributed by atoms with Crippen LogP contribution in [0.5, 0.6) is 0 Å². The first kappa shape index (κ1) is 13.4. The van der Waals surface area contributed by atoms with Crippen LogP contribution in [0.2, 0.25) is 0 Å². The highest BCUT2D eigenvalue weighted by atomic mass is 79.9. The minimum atomic E-state index is -0.940. The van der Waals surface area contributed by atoms with Gasteiger partial charge in [0, 0.05) is 23.8 Å². The fraction of sp³-hybridized carbons (Fsp3) is 0.462. The smallest absolute Gasteiger partial charge is 0.338 e. The molecule has 0 heterocycles. The summed E-state index contributed by atoms with van der Waals surface area (Å²) in [6, 6.07) is 5.32. The van der Waals surface area contributed by atoms with Crippen molar-refractivity contribution in [2.75, 3.05) is 19.0 Å². The quantitative estimate of drug-likeness (QED) is 0.877. The highest BCUT2D eigenvalue weighted by Gasteiger charge is 2.36. The first-order valence-electron chi connectivity index (χ1n) is 5.89. The second-order valence-corrected chi connectivity index (χ2v) is 5.42. The molecule has 2 N–H and O–H groups in total. The molecule has 98 valence electrons. The Kier molecular flexibility index (Phi) is 3.92. The summed E-state index contributed by atoms with van der Waals surface area (Å²) in [5.74, 6) is -0.940. The van der Waals surface area contributed by atoms with Gasteiger partial charge in [-0.1, -0.05) is 6.07 Å². The average molecular weight is 314 g/mol. The molecule has 0 aromatic heterocycles. The number of carboxylic acid groups (broad SMARTS) is 1. The third-order valence-electron chi connectivity index (χ3n) is 3.53. The molecule has 0 atom stereocenters. The molecule has 2 rings (SSSR count). The van der Waals surface area contributed by atoms with Gasteiger partial charge in [0.05, 0.1) is 11.2 Å². The van der Waals surface area contributed by atoms with E-state index in [1.165, 1.54) is 6.42 Å². The van der Waals surface area contributed by atoms with E-state index in [-0.39, 0.29) is 11.2 Å². The van der Waals surface area contributed by atoms with Crippen molar-refractivity contribution in [2.45, 2.75) is 24.9 Å². The van der Waals surface area contributed by atoms with Gasteiger partial charge in [0.15, 0.2) is 0 Å². The Labute approximate surface area is 114 Å². The summed E-state index contributed by atoms with van der Waals surface area (Å²) in [5, 5.41) is 12.4. The van der Waals surface area contributed by atoms with E-state index in [0.29, 0.717) is 16.7 Å². The normalized spacial score (nSPS) is 17.0. The molecular weight excluding hydrogens is 298 g/mol. The molecule has 0 radical (unpaired) electrons. The fourth-order valence-electron chi connectivity index (χ4n) is 2.17. The van der Waals surface area contributed by atoms with Crippen LogP contribution in [0.3, 0.4) is 0 Å². The number of benzene rings is 1.